The van der Waals surface area contributed by atoms with Crippen LogP contribution < -0.4 is 0 Å². The van der Waals surface area contributed by atoms with Crippen LogP contribution in [0.2, 0.25) is 0 Å². The molecule has 1 aliphatic rings. The summed E-state index contributed by atoms with van der Waals surface area (Å²) in [6.45, 7) is 4.08. The normalized spacial score (nSPS) is 29.3. The molecule has 136 valence electrons. The number of hydrogen-bond acceptors (Lipinski definition) is 10. The molecule has 0 radical (unpaired) electrons. The Labute approximate surface area is 137 Å². The lowest BCUT2D eigenvalue weighted by atomic mass is 9.98. The van der Waals surface area contributed by atoms with E-state index in [4.69, 9.17) is 23.7 Å². The van der Waals surface area contributed by atoms with Crippen molar-refractivity contribution in [3.63, 3.8) is 0 Å². The monoisotopic (exact) mass is 348 g/mol. The quantitative estimate of drug-likeness (QED) is 0.490. The summed E-state index contributed by atoms with van der Waals surface area (Å²) in [6.07, 6.45) is -6.84. The zero-order valence-electron chi connectivity index (χ0n) is 13.7. The highest BCUT2D eigenvalue weighted by atomic mass is 16.7. The fourth-order valence-corrected chi connectivity index (χ4v) is 2.14. The molecule has 0 amide bonds. The van der Waals surface area contributed by atoms with Crippen molar-refractivity contribution in [2.24, 2.45) is 0 Å². The Kier molecular flexibility index (Phi) is 7.11. The zero-order chi connectivity index (χ0) is 18.4. The van der Waals surface area contributed by atoms with Gasteiger partial charge in [0.1, 0.15) is 18.8 Å². The molecule has 24 heavy (non-hydrogen) atoms. The van der Waals surface area contributed by atoms with E-state index in [-0.39, 0.29) is 6.61 Å². The van der Waals surface area contributed by atoms with E-state index in [1.165, 1.54) is 0 Å². The molecule has 1 heterocycles. The molecule has 0 aromatic carbocycles. The van der Waals surface area contributed by atoms with E-state index in [0.29, 0.717) is 0 Å². The minimum Gasteiger partial charge on any atom is -0.463 e. The Hall–Kier alpha value is -2.20. The number of carbonyl (C=O) groups excluding carboxylic acids is 4. The average molecular weight is 348 g/mol. The zero-order valence-corrected chi connectivity index (χ0v) is 13.7. The summed E-state index contributed by atoms with van der Waals surface area (Å²) >= 11 is 0. The van der Waals surface area contributed by atoms with Crippen LogP contribution >= 0.6 is 0 Å². The second-order valence-electron chi connectivity index (χ2n) is 5.09. The van der Waals surface area contributed by atoms with E-state index in [0.717, 1.165) is 27.7 Å². The summed E-state index contributed by atoms with van der Waals surface area (Å²) in [5, 5.41) is 10.4. The number of rotatable bonds is 5. The number of esters is 4. The molecule has 1 saturated heterocycles. The molecule has 1 fully saturated rings. The number of aliphatic hydroxyl groups excluding tert-OH is 1. The summed E-state index contributed by atoms with van der Waals surface area (Å²) in [7, 11) is 0. The first-order chi connectivity index (χ1) is 11.1. The molecule has 0 bridgehead atoms. The lowest BCUT2D eigenvalue weighted by Crippen LogP contribution is -2.62. The topological polar surface area (TPSA) is 135 Å². The molecule has 1 aliphatic heterocycles. The van der Waals surface area contributed by atoms with Crippen LogP contribution in [0.15, 0.2) is 0 Å². The van der Waals surface area contributed by atoms with Crippen LogP contribution in [0.3, 0.4) is 0 Å². The van der Waals surface area contributed by atoms with Crippen LogP contribution in [-0.2, 0) is 42.9 Å². The molecule has 10 nitrogen and oxygen atoms in total. The molecule has 0 aromatic heterocycles. The minimum absolute atomic E-state index is 0.366. The molecule has 1 N–H and O–H groups in total. The lowest BCUT2D eigenvalue weighted by Gasteiger charge is -2.42. The third-order valence-corrected chi connectivity index (χ3v) is 2.95. The maximum Gasteiger partial charge on any atom is 0.305 e. The van der Waals surface area contributed by atoms with Gasteiger partial charge in [0.15, 0.2) is 12.2 Å². The number of carbonyl (C=O) groups is 4. The van der Waals surface area contributed by atoms with Gasteiger partial charge < -0.3 is 28.8 Å². The maximum atomic E-state index is 11.2. The van der Waals surface area contributed by atoms with Gasteiger partial charge in [-0.1, -0.05) is 0 Å². The van der Waals surface area contributed by atoms with Gasteiger partial charge >= 0.3 is 23.9 Å². The SMILES string of the molecule is CC(=O)OC[C@@H]1O[C@@H](OC(C)=O)[C@@H](OC(C)=O)[C@H](O)[C@H]1OC(C)=O. The predicted octanol–water partition coefficient (Wildman–Crippen LogP) is -0.938. The van der Waals surface area contributed by atoms with Crippen molar-refractivity contribution < 1.29 is 48.0 Å². The van der Waals surface area contributed by atoms with Crippen molar-refractivity contribution in [1.29, 1.82) is 0 Å². The van der Waals surface area contributed by atoms with Crippen LogP contribution in [0.25, 0.3) is 0 Å². The van der Waals surface area contributed by atoms with Crippen LogP contribution in [0.4, 0.5) is 0 Å². The van der Waals surface area contributed by atoms with Crippen molar-refractivity contribution in [3.8, 4) is 0 Å². The van der Waals surface area contributed by atoms with E-state index in [9.17, 15) is 24.3 Å². The smallest absolute Gasteiger partial charge is 0.305 e. The van der Waals surface area contributed by atoms with Gasteiger partial charge in [-0.05, 0) is 0 Å². The van der Waals surface area contributed by atoms with Gasteiger partial charge in [-0.25, -0.2) is 0 Å². The summed E-state index contributed by atoms with van der Waals surface area (Å²) in [5.41, 5.74) is 0. The third-order valence-electron chi connectivity index (χ3n) is 2.95. The van der Waals surface area contributed by atoms with Gasteiger partial charge in [0, 0.05) is 27.7 Å². The van der Waals surface area contributed by atoms with Crippen LogP contribution in [0.5, 0.6) is 0 Å². The molecule has 0 saturated carbocycles. The Bertz CT molecular complexity index is 500. The Morgan fingerprint density at radius 1 is 0.833 bits per heavy atom. The molecule has 1 rings (SSSR count). The van der Waals surface area contributed by atoms with Crippen LogP contribution in [0, 0.1) is 0 Å². The Morgan fingerprint density at radius 2 is 1.33 bits per heavy atom. The standard InChI is InChI=1S/C14H20O10/c1-6(15)20-5-10-12(21-7(2)16)11(19)13(22-8(3)17)14(24-10)23-9(4)18/h10-14,19H,5H2,1-4H3/t10-,11+,12-,13-,14+/m0/s1. The van der Waals surface area contributed by atoms with Crippen molar-refractivity contribution in [3.05, 3.63) is 0 Å². The first kappa shape index (κ1) is 19.8. The molecule has 0 spiro atoms. The van der Waals surface area contributed by atoms with Crippen LogP contribution in [-0.4, -0.2) is 66.3 Å². The largest absolute Gasteiger partial charge is 0.463 e. The number of hydrogen-bond donors (Lipinski definition) is 1. The summed E-state index contributed by atoms with van der Waals surface area (Å²) < 4.78 is 25.0. The van der Waals surface area contributed by atoms with Crippen molar-refractivity contribution in [2.75, 3.05) is 6.61 Å². The number of ether oxygens (including phenoxy) is 5. The Morgan fingerprint density at radius 3 is 1.79 bits per heavy atom. The highest BCUT2D eigenvalue weighted by molar-refractivity contribution is 5.68. The van der Waals surface area contributed by atoms with Gasteiger partial charge in [0.05, 0.1) is 0 Å². The second kappa shape index (κ2) is 8.60. The van der Waals surface area contributed by atoms with E-state index >= 15 is 0 Å². The maximum absolute atomic E-state index is 11.2. The summed E-state index contributed by atoms with van der Waals surface area (Å²) in [4.78, 5) is 44.6. The minimum atomic E-state index is -1.56. The van der Waals surface area contributed by atoms with Crippen LogP contribution in [0.1, 0.15) is 27.7 Å². The first-order valence-electron chi connectivity index (χ1n) is 7.10. The first-order valence-corrected chi connectivity index (χ1v) is 7.10. The van der Waals surface area contributed by atoms with Gasteiger partial charge in [-0.15, -0.1) is 0 Å². The molecule has 0 aliphatic carbocycles. The molecule has 5 atom stereocenters. The highest BCUT2D eigenvalue weighted by Crippen LogP contribution is 2.27. The van der Waals surface area contributed by atoms with Gasteiger partial charge in [-0.2, -0.15) is 0 Å². The third kappa shape index (κ3) is 5.78. The molecule has 10 heteroatoms. The average Bonchev–Trinajstić information content (AvgIpc) is 2.42. The lowest BCUT2D eigenvalue weighted by molar-refractivity contribution is -0.298. The second-order valence-corrected chi connectivity index (χ2v) is 5.09. The number of aliphatic hydroxyl groups is 1. The molecular weight excluding hydrogens is 328 g/mol. The fraction of sp³-hybridized carbons (Fsp3) is 0.714. The van der Waals surface area contributed by atoms with Crippen molar-refractivity contribution in [2.45, 2.75) is 58.4 Å². The van der Waals surface area contributed by atoms with Crippen molar-refractivity contribution in [1.82, 2.24) is 0 Å². The van der Waals surface area contributed by atoms with E-state index in [1.807, 2.05) is 0 Å². The summed E-state index contributed by atoms with van der Waals surface area (Å²) in [5.74, 6) is -2.87. The Balaban J connectivity index is 3.04. The fourth-order valence-electron chi connectivity index (χ4n) is 2.14. The van der Waals surface area contributed by atoms with Crippen molar-refractivity contribution >= 4 is 23.9 Å². The molecule has 0 aromatic rings. The summed E-state index contributed by atoms with van der Waals surface area (Å²) in [6, 6.07) is 0. The molecule has 0 unspecified atom stereocenters. The highest BCUT2D eigenvalue weighted by Gasteiger charge is 2.50. The van der Waals surface area contributed by atoms with Gasteiger partial charge in [-0.3, -0.25) is 19.2 Å². The van der Waals surface area contributed by atoms with E-state index in [1.54, 1.807) is 0 Å². The van der Waals surface area contributed by atoms with Gasteiger partial charge in [0.2, 0.25) is 6.29 Å². The van der Waals surface area contributed by atoms with Gasteiger partial charge in [0.25, 0.3) is 0 Å². The predicted molar refractivity (Wildman–Crippen MR) is 74.2 cm³/mol. The molecular formula is C14H20O10. The van der Waals surface area contributed by atoms with E-state index in [2.05, 4.69) is 0 Å². The van der Waals surface area contributed by atoms with E-state index < -0.39 is 54.6 Å².